The minimum absolute atomic E-state index is 0.0955. The van der Waals surface area contributed by atoms with Crippen LogP contribution in [-0.2, 0) is 9.47 Å². The van der Waals surface area contributed by atoms with Crippen molar-refractivity contribution in [2.24, 2.45) is 0 Å². The van der Waals surface area contributed by atoms with Gasteiger partial charge >= 0.3 is 0 Å². The van der Waals surface area contributed by atoms with Crippen molar-refractivity contribution in [2.45, 2.75) is 36.7 Å². The highest BCUT2D eigenvalue weighted by atomic mass is 32.1. The van der Waals surface area contributed by atoms with Crippen molar-refractivity contribution in [1.29, 1.82) is 0 Å². The Balaban J connectivity index is 1.89. The first kappa shape index (κ1) is 14.6. The summed E-state index contributed by atoms with van der Waals surface area (Å²) in [5.41, 5.74) is 4.70. The minimum atomic E-state index is -1.78. The zero-order valence-corrected chi connectivity index (χ0v) is 12.7. The Morgan fingerprint density at radius 2 is 2.35 bits per heavy atom. The number of fused-ring (bicyclic) bond motifs is 2. The van der Waals surface area contributed by atoms with Gasteiger partial charge in [0.05, 0.1) is 6.33 Å². The Kier molecular flexibility index (Phi) is 2.71. The van der Waals surface area contributed by atoms with E-state index < -0.39 is 29.8 Å². The van der Waals surface area contributed by atoms with Crippen LogP contribution >= 0.6 is 12.2 Å². The van der Waals surface area contributed by atoms with E-state index in [1.807, 2.05) is 0 Å². The molecule has 2 saturated heterocycles. The molecular formula is C13H13N5O4S. The Hall–Kier alpha value is -2.03. The largest absolute Gasteiger partial charge is 0.388 e. The third-order valence-electron chi connectivity index (χ3n) is 4.21. The number of epoxide rings is 1. The minimum Gasteiger partial charge on any atom is -0.388 e. The summed E-state index contributed by atoms with van der Waals surface area (Å²) in [7, 11) is 0. The molecule has 3 unspecified atom stereocenters. The van der Waals surface area contributed by atoms with Gasteiger partial charge in [-0.3, -0.25) is 4.57 Å². The van der Waals surface area contributed by atoms with E-state index in [1.54, 1.807) is 0 Å². The molecule has 4 rings (SSSR count). The maximum absolute atomic E-state index is 10.8. The molecule has 0 saturated carbocycles. The lowest BCUT2D eigenvalue weighted by Crippen LogP contribution is -2.40. The van der Waals surface area contributed by atoms with Crippen LogP contribution in [0.4, 0.5) is 5.95 Å². The van der Waals surface area contributed by atoms with Crippen LogP contribution in [0.5, 0.6) is 0 Å². The molecule has 0 amide bonds. The first-order valence-corrected chi connectivity index (χ1v) is 7.20. The van der Waals surface area contributed by atoms with E-state index in [1.165, 1.54) is 17.8 Å². The number of aromatic amines is 1. The van der Waals surface area contributed by atoms with E-state index in [0.717, 1.165) is 0 Å². The van der Waals surface area contributed by atoms with Gasteiger partial charge in [0, 0.05) is 0 Å². The summed E-state index contributed by atoms with van der Waals surface area (Å²) in [6, 6.07) is 0. The maximum atomic E-state index is 10.8. The van der Waals surface area contributed by atoms with Gasteiger partial charge in [-0.25, -0.2) is 9.97 Å². The lowest BCUT2D eigenvalue weighted by molar-refractivity contribution is -0.195. The van der Waals surface area contributed by atoms with Gasteiger partial charge in [0.15, 0.2) is 22.9 Å². The van der Waals surface area contributed by atoms with Crippen LogP contribution in [0.25, 0.3) is 11.2 Å². The van der Waals surface area contributed by atoms with Crippen molar-refractivity contribution in [3.63, 3.8) is 0 Å². The van der Waals surface area contributed by atoms with Gasteiger partial charge in [-0.15, -0.1) is 6.42 Å². The van der Waals surface area contributed by atoms with Crippen molar-refractivity contribution in [2.75, 3.05) is 5.73 Å². The molecule has 0 spiro atoms. The molecular weight excluding hydrogens is 322 g/mol. The summed E-state index contributed by atoms with van der Waals surface area (Å²) < 4.78 is 12.8. The topological polar surface area (TPSA) is 135 Å². The second kappa shape index (κ2) is 4.28. The Labute approximate surface area is 135 Å². The number of hydrogen-bond acceptors (Lipinski definition) is 8. The summed E-state index contributed by atoms with van der Waals surface area (Å²) in [4.78, 5) is 10.9. The predicted molar refractivity (Wildman–Crippen MR) is 80.3 cm³/mol. The monoisotopic (exact) mass is 335 g/mol. The van der Waals surface area contributed by atoms with E-state index in [-0.39, 0.29) is 10.6 Å². The lowest BCUT2D eigenvalue weighted by Gasteiger charge is -2.27. The number of ether oxygens (including phenoxy) is 2. The second-order valence-corrected chi connectivity index (χ2v) is 6.00. The number of aliphatic hydroxyl groups is 2. The van der Waals surface area contributed by atoms with Crippen LogP contribution in [0.3, 0.4) is 0 Å². The number of nitrogens with one attached hydrogen (secondary N) is 1. The molecule has 0 bridgehead atoms. The van der Waals surface area contributed by atoms with Gasteiger partial charge in [0.25, 0.3) is 0 Å². The van der Waals surface area contributed by atoms with E-state index >= 15 is 0 Å². The molecule has 0 aliphatic carbocycles. The van der Waals surface area contributed by atoms with Crippen LogP contribution in [0.2, 0.25) is 0 Å². The molecule has 4 heterocycles. The number of H-pyrrole nitrogens is 1. The average Bonchev–Trinajstić information content (AvgIpc) is 3.01. The fraction of sp³-hybridized carbons (Fsp3) is 0.462. The fourth-order valence-electron chi connectivity index (χ4n) is 2.99. The van der Waals surface area contributed by atoms with E-state index in [4.69, 9.17) is 33.8 Å². The molecule has 2 aromatic heterocycles. The highest BCUT2D eigenvalue weighted by molar-refractivity contribution is 7.71. The predicted octanol–water partition coefficient (Wildman–Crippen LogP) is -0.560. The number of rotatable bonds is 2. The Bertz CT molecular complexity index is 917. The smallest absolute Gasteiger partial charge is 0.228 e. The normalized spacial score (nSPS) is 36.6. The number of terminal acetylenes is 1. The standard InChI is InChI=1S/C13H13N5O4S/c1-3-12(20)9-13(21-9,5(2)19)22-10(12)18-4-15-6-7(18)16-11(14)17-8(6)23/h1,4-5,9-10,19-20H,2H3,(H3,14,16,17,23)/t5-,9?,10-,12?,13?/m1/s1. The average molecular weight is 335 g/mol. The van der Waals surface area contributed by atoms with Gasteiger partial charge in [-0.1, -0.05) is 18.1 Å². The molecule has 2 aromatic rings. The first-order valence-electron chi connectivity index (χ1n) is 6.79. The lowest BCUT2D eigenvalue weighted by atomic mass is 9.96. The van der Waals surface area contributed by atoms with Crippen molar-refractivity contribution >= 4 is 29.3 Å². The number of aliphatic hydroxyl groups excluding tert-OH is 1. The Morgan fingerprint density at radius 3 is 3.00 bits per heavy atom. The molecule has 23 heavy (non-hydrogen) atoms. The molecule has 2 aliphatic heterocycles. The van der Waals surface area contributed by atoms with Gasteiger partial charge in [0.2, 0.25) is 11.4 Å². The van der Waals surface area contributed by atoms with E-state index in [0.29, 0.717) is 11.2 Å². The summed E-state index contributed by atoms with van der Waals surface area (Å²) in [6.07, 6.45) is 4.06. The van der Waals surface area contributed by atoms with Gasteiger partial charge < -0.3 is 30.4 Å². The summed E-state index contributed by atoms with van der Waals surface area (Å²) >= 11 is 5.11. The van der Waals surface area contributed by atoms with Crippen LogP contribution in [0, 0.1) is 17.0 Å². The number of nitrogens with zero attached hydrogens (tertiary/aromatic N) is 3. The zero-order valence-electron chi connectivity index (χ0n) is 11.9. The van der Waals surface area contributed by atoms with Crippen LogP contribution < -0.4 is 5.73 Å². The molecule has 0 radical (unpaired) electrons. The molecule has 5 N–H and O–H groups in total. The summed E-state index contributed by atoms with van der Waals surface area (Å²) in [5, 5.41) is 20.7. The van der Waals surface area contributed by atoms with Crippen LogP contribution in [-0.4, -0.2) is 53.3 Å². The maximum Gasteiger partial charge on any atom is 0.228 e. The number of nitrogen functional groups attached to an aromatic ring is 1. The quantitative estimate of drug-likeness (QED) is 0.326. The molecule has 9 nitrogen and oxygen atoms in total. The van der Waals surface area contributed by atoms with Crippen LogP contribution in [0.1, 0.15) is 13.2 Å². The van der Waals surface area contributed by atoms with Gasteiger partial charge in [-0.05, 0) is 6.92 Å². The highest BCUT2D eigenvalue weighted by Crippen LogP contribution is 2.59. The molecule has 0 aromatic carbocycles. The number of anilines is 1. The van der Waals surface area contributed by atoms with Crippen LogP contribution in [0.15, 0.2) is 6.33 Å². The second-order valence-electron chi connectivity index (χ2n) is 5.61. The highest BCUT2D eigenvalue weighted by Gasteiger charge is 2.79. The summed E-state index contributed by atoms with van der Waals surface area (Å²) in [6.45, 7) is 1.50. The number of hydrogen-bond donors (Lipinski definition) is 4. The van der Waals surface area contributed by atoms with E-state index in [2.05, 4.69) is 20.9 Å². The zero-order chi connectivity index (χ0) is 16.6. The molecule has 120 valence electrons. The molecule has 2 aliphatic rings. The van der Waals surface area contributed by atoms with Crippen molar-refractivity contribution in [3.05, 3.63) is 11.0 Å². The van der Waals surface area contributed by atoms with Crippen molar-refractivity contribution < 1.29 is 19.7 Å². The third-order valence-corrected chi connectivity index (χ3v) is 4.50. The first-order chi connectivity index (χ1) is 10.8. The number of aromatic nitrogens is 4. The van der Waals surface area contributed by atoms with Gasteiger partial charge in [0.1, 0.15) is 17.3 Å². The van der Waals surface area contributed by atoms with Gasteiger partial charge in [-0.2, -0.15) is 0 Å². The fourth-order valence-corrected chi connectivity index (χ4v) is 3.24. The summed E-state index contributed by atoms with van der Waals surface area (Å²) in [5.74, 6) is 1.06. The molecule has 10 heteroatoms. The Morgan fingerprint density at radius 1 is 1.61 bits per heavy atom. The van der Waals surface area contributed by atoms with E-state index in [9.17, 15) is 10.2 Å². The number of imidazole rings is 1. The third kappa shape index (κ3) is 1.68. The molecule has 5 atom stereocenters. The van der Waals surface area contributed by atoms with Crippen molar-refractivity contribution in [1.82, 2.24) is 19.5 Å². The SMILES string of the molecule is C#CC1(O)C2OC2([C@@H](C)O)O[C@H]1n1cnc2c(=S)nc(N)[nH]c21. The number of nitrogens with two attached hydrogens (primary N) is 1. The molecule has 2 fully saturated rings. The van der Waals surface area contributed by atoms with Crippen molar-refractivity contribution in [3.8, 4) is 12.3 Å².